The Morgan fingerprint density at radius 2 is 1.79 bits per heavy atom. The molecule has 238 valence electrons. The van der Waals surface area contributed by atoms with Gasteiger partial charge < -0.3 is 29.0 Å². The number of piperidine rings is 1. The number of amides is 1. The van der Waals surface area contributed by atoms with Crippen LogP contribution in [-0.2, 0) is 36.5 Å². The standard InChI is InChI=1S/C29H39F3N4O7/c1-8-41-26(37)21-10-9-20(14-36(21)27(38)43-28(3,4)5)33-23-11-17(2)25(35-34-23)24-18(15-39-6)12-19(29(30,31)32)13-22(24)42-16-40-7/h11-13,20-21H,8-10,14-16H2,1-7H3,(H,33,34)/t20-,21+/m1/s1. The van der Waals surface area contributed by atoms with Crippen molar-refractivity contribution < 1.29 is 46.4 Å². The monoisotopic (exact) mass is 612 g/mol. The highest BCUT2D eigenvalue weighted by Crippen LogP contribution is 2.41. The number of rotatable bonds is 10. The van der Waals surface area contributed by atoms with Crippen molar-refractivity contribution in [3.8, 4) is 17.0 Å². The van der Waals surface area contributed by atoms with E-state index in [-0.39, 0.29) is 43.9 Å². The summed E-state index contributed by atoms with van der Waals surface area (Å²) in [5.74, 6) is -0.196. The van der Waals surface area contributed by atoms with Crippen LogP contribution in [0.15, 0.2) is 18.2 Å². The van der Waals surface area contributed by atoms with E-state index in [0.717, 1.165) is 12.1 Å². The van der Waals surface area contributed by atoms with Gasteiger partial charge in [0.25, 0.3) is 0 Å². The number of halogens is 3. The van der Waals surface area contributed by atoms with Crippen LogP contribution in [0.4, 0.5) is 23.8 Å². The van der Waals surface area contributed by atoms with Crippen LogP contribution in [0.1, 0.15) is 57.2 Å². The Morgan fingerprint density at radius 3 is 2.37 bits per heavy atom. The third-order valence-corrected chi connectivity index (χ3v) is 6.49. The number of methoxy groups -OCH3 is 2. The number of hydrogen-bond donors (Lipinski definition) is 1. The molecule has 0 bridgehead atoms. The number of nitrogens with zero attached hydrogens (tertiary/aromatic N) is 3. The molecule has 0 radical (unpaired) electrons. The number of carbonyl (C=O) groups is 2. The minimum Gasteiger partial charge on any atom is -0.467 e. The van der Waals surface area contributed by atoms with E-state index >= 15 is 0 Å². The summed E-state index contributed by atoms with van der Waals surface area (Å²) >= 11 is 0. The van der Waals surface area contributed by atoms with E-state index < -0.39 is 35.4 Å². The van der Waals surface area contributed by atoms with E-state index in [4.69, 9.17) is 23.7 Å². The molecule has 0 unspecified atom stereocenters. The highest BCUT2D eigenvalue weighted by molar-refractivity contribution is 5.82. The molecule has 0 saturated carbocycles. The Kier molecular flexibility index (Phi) is 11.2. The first-order chi connectivity index (χ1) is 20.2. The number of alkyl halides is 3. The van der Waals surface area contributed by atoms with Crippen LogP contribution < -0.4 is 10.1 Å². The van der Waals surface area contributed by atoms with Crippen LogP contribution in [0, 0.1) is 6.92 Å². The molecule has 1 amide bonds. The fraction of sp³-hybridized carbons (Fsp3) is 0.586. The molecule has 11 nitrogen and oxygen atoms in total. The molecule has 1 aliphatic heterocycles. The lowest BCUT2D eigenvalue weighted by Crippen LogP contribution is -2.55. The molecule has 1 saturated heterocycles. The van der Waals surface area contributed by atoms with Crippen molar-refractivity contribution >= 4 is 17.9 Å². The normalized spacial score (nSPS) is 17.4. The second-order valence-corrected chi connectivity index (χ2v) is 11.1. The highest BCUT2D eigenvalue weighted by atomic mass is 19.4. The van der Waals surface area contributed by atoms with E-state index in [1.807, 2.05) is 0 Å². The van der Waals surface area contributed by atoms with Crippen molar-refractivity contribution in [2.45, 2.75) is 77.9 Å². The number of benzene rings is 1. The number of esters is 1. The SMILES string of the molecule is CCOC(=O)[C@@H]1CC[C@@H](Nc2cc(C)c(-c3c(COC)cc(C(F)(F)F)cc3OCOC)nn2)CN1C(=O)OC(C)(C)C. The van der Waals surface area contributed by atoms with Gasteiger partial charge in [0.1, 0.15) is 28.9 Å². The zero-order chi connectivity index (χ0) is 31.9. The first-order valence-electron chi connectivity index (χ1n) is 13.8. The number of aryl methyl sites for hydroxylation is 1. The van der Waals surface area contributed by atoms with Gasteiger partial charge in [-0.3, -0.25) is 4.90 Å². The van der Waals surface area contributed by atoms with Crippen molar-refractivity contribution in [2.24, 2.45) is 0 Å². The Labute approximate surface area is 249 Å². The number of carbonyl (C=O) groups excluding carboxylic acids is 2. The quantitative estimate of drug-likeness (QED) is 0.278. The summed E-state index contributed by atoms with van der Waals surface area (Å²) in [6, 6.07) is 2.51. The predicted octanol–water partition coefficient (Wildman–Crippen LogP) is 5.34. The van der Waals surface area contributed by atoms with E-state index in [0.29, 0.717) is 35.5 Å². The lowest BCUT2D eigenvalue weighted by atomic mass is 9.97. The Hall–Kier alpha value is -3.65. The van der Waals surface area contributed by atoms with E-state index in [2.05, 4.69) is 15.5 Å². The maximum absolute atomic E-state index is 13.6. The molecule has 2 atom stereocenters. The number of ether oxygens (including phenoxy) is 5. The summed E-state index contributed by atoms with van der Waals surface area (Å²) in [5.41, 5.74) is -0.242. The first kappa shape index (κ1) is 33.8. The van der Waals surface area contributed by atoms with E-state index in [9.17, 15) is 22.8 Å². The number of aromatic nitrogens is 2. The molecule has 3 rings (SSSR count). The zero-order valence-electron chi connectivity index (χ0n) is 25.5. The van der Waals surface area contributed by atoms with Gasteiger partial charge in [-0.1, -0.05) is 0 Å². The van der Waals surface area contributed by atoms with Crippen LogP contribution in [0.2, 0.25) is 0 Å². The maximum Gasteiger partial charge on any atom is 0.416 e. The van der Waals surface area contributed by atoms with Crippen LogP contribution in [0.25, 0.3) is 11.3 Å². The smallest absolute Gasteiger partial charge is 0.416 e. The van der Waals surface area contributed by atoms with Gasteiger partial charge >= 0.3 is 18.2 Å². The second kappa shape index (κ2) is 14.2. The van der Waals surface area contributed by atoms with Crippen molar-refractivity contribution in [1.29, 1.82) is 0 Å². The van der Waals surface area contributed by atoms with E-state index in [1.165, 1.54) is 19.1 Å². The molecule has 0 aliphatic carbocycles. The molecule has 1 fully saturated rings. The number of nitrogens with one attached hydrogen (secondary N) is 1. The average molecular weight is 613 g/mol. The molecule has 43 heavy (non-hydrogen) atoms. The van der Waals surface area contributed by atoms with Crippen molar-refractivity contribution in [3.63, 3.8) is 0 Å². The average Bonchev–Trinajstić information content (AvgIpc) is 2.91. The summed E-state index contributed by atoms with van der Waals surface area (Å²) in [6.07, 6.45) is -4.38. The minimum atomic E-state index is -4.61. The largest absolute Gasteiger partial charge is 0.467 e. The number of hydrogen-bond acceptors (Lipinski definition) is 10. The van der Waals surface area contributed by atoms with Gasteiger partial charge in [0.2, 0.25) is 0 Å². The maximum atomic E-state index is 13.6. The zero-order valence-corrected chi connectivity index (χ0v) is 25.5. The third kappa shape index (κ3) is 8.92. The molecular weight excluding hydrogens is 573 g/mol. The molecule has 2 heterocycles. The Morgan fingerprint density at radius 1 is 1.07 bits per heavy atom. The lowest BCUT2D eigenvalue weighted by molar-refractivity contribution is -0.150. The minimum absolute atomic E-state index is 0.0767. The third-order valence-electron chi connectivity index (χ3n) is 6.49. The summed E-state index contributed by atoms with van der Waals surface area (Å²) in [4.78, 5) is 27.0. The molecule has 1 aliphatic rings. The first-order valence-corrected chi connectivity index (χ1v) is 13.8. The molecule has 1 aromatic heterocycles. The highest BCUT2D eigenvalue weighted by Gasteiger charge is 2.39. The molecule has 1 N–H and O–H groups in total. The van der Waals surface area contributed by atoms with Crippen LogP contribution in [0.3, 0.4) is 0 Å². The van der Waals surface area contributed by atoms with E-state index in [1.54, 1.807) is 40.7 Å². The molecule has 2 aromatic rings. The molecule has 0 spiro atoms. The second-order valence-electron chi connectivity index (χ2n) is 11.1. The van der Waals surface area contributed by atoms with Crippen LogP contribution in [0.5, 0.6) is 5.75 Å². The number of likely N-dealkylation sites (tertiary alicyclic amines) is 1. The summed E-state index contributed by atoms with van der Waals surface area (Å²) in [5, 5.41) is 11.9. The van der Waals surface area contributed by atoms with Gasteiger partial charge in [0.15, 0.2) is 6.79 Å². The van der Waals surface area contributed by atoms with Gasteiger partial charge in [-0.15, -0.1) is 10.2 Å². The topological polar surface area (TPSA) is 121 Å². The molecule has 14 heteroatoms. The fourth-order valence-electron chi connectivity index (χ4n) is 4.72. The Balaban J connectivity index is 1.92. The van der Waals surface area contributed by atoms with Gasteiger partial charge in [0.05, 0.1) is 24.3 Å². The van der Waals surface area contributed by atoms with Crippen LogP contribution >= 0.6 is 0 Å². The van der Waals surface area contributed by atoms with Gasteiger partial charge in [-0.05, 0) is 76.8 Å². The summed E-state index contributed by atoms with van der Waals surface area (Å²) in [6.45, 7) is 8.58. The summed E-state index contributed by atoms with van der Waals surface area (Å²) < 4.78 is 67.3. The molecule has 1 aromatic carbocycles. The van der Waals surface area contributed by atoms with Crippen LogP contribution in [-0.4, -0.2) is 79.0 Å². The van der Waals surface area contributed by atoms with Gasteiger partial charge in [-0.2, -0.15) is 13.2 Å². The predicted molar refractivity (Wildman–Crippen MR) is 150 cm³/mol. The van der Waals surface area contributed by atoms with Crippen molar-refractivity contribution in [1.82, 2.24) is 15.1 Å². The van der Waals surface area contributed by atoms with Gasteiger partial charge in [0, 0.05) is 26.8 Å². The Bertz CT molecular complexity index is 1280. The van der Waals surface area contributed by atoms with Crippen molar-refractivity contribution in [3.05, 3.63) is 34.9 Å². The fourth-order valence-corrected chi connectivity index (χ4v) is 4.72. The number of anilines is 1. The lowest BCUT2D eigenvalue weighted by Gasteiger charge is -2.39. The molecular formula is C29H39F3N4O7. The van der Waals surface area contributed by atoms with Gasteiger partial charge in [-0.25, -0.2) is 9.59 Å². The summed E-state index contributed by atoms with van der Waals surface area (Å²) in [7, 11) is 2.74. The van der Waals surface area contributed by atoms with Crippen molar-refractivity contribution in [2.75, 3.05) is 39.5 Å².